The van der Waals surface area contributed by atoms with Gasteiger partial charge in [-0.15, -0.1) is 0 Å². The molecule has 2 amide bonds. The molecular weight excluding hydrogens is 314 g/mol. The second kappa shape index (κ2) is 7.92. The van der Waals surface area contributed by atoms with E-state index < -0.39 is 0 Å². The van der Waals surface area contributed by atoms with Crippen LogP contribution in [0.1, 0.15) is 59.0 Å². The van der Waals surface area contributed by atoms with Crippen LogP contribution >= 0.6 is 0 Å². The average molecular weight is 337 g/mol. The number of hydrogen-bond donors (Lipinski definition) is 2. The fourth-order valence-corrected chi connectivity index (χ4v) is 3.05. The molecule has 0 aliphatic heterocycles. The summed E-state index contributed by atoms with van der Waals surface area (Å²) in [5.74, 6) is -0.463. The van der Waals surface area contributed by atoms with Gasteiger partial charge in [-0.05, 0) is 49.1 Å². The summed E-state index contributed by atoms with van der Waals surface area (Å²) in [5.41, 5.74) is 2.65. The van der Waals surface area contributed by atoms with Crippen molar-refractivity contribution in [2.24, 2.45) is 0 Å². The highest BCUT2D eigenvalue weighted by molar-refractivity contribution is 6.05. The summed E-state index contributed by atoms with van der Waals surface area (Å²) in [5, 5.41) is 5.84. The number of pyridine rings is 1. The van der Waals surface area contributed by atoms with E-state index in [1.54, 1.807) is 12.1 Å². The second-order valence-corrected chi connectivity index (χ2v) is 6.39. The Morgan fingerprint density at radius 2 is 1.80 bits per heavy atom. The van der Waals surface area contributed by atoms with Crippen molar-refractivity contribution >= 4 is 17.5 Å². The molecule has 1 heterocycles. The van der Waals surface area contributed by atoms with Crippen LogP contribution in [0.3, 0.4) is 0 Å². The predicted molar refractivity (Wildman–Crippen MR) is 97.7 cm³/mol. The van der Waals surface area contributed by atoms with Gasteiger partial charge in [0.25, 0.3) is 11.8 Å². The van der Waals surface area contributed by atoms with Crippen LogP contribution in [-0.2, 0) is 6.42 Å². The molecule has 2 aromatic rings. The summed E-state index contributed by atoms with van der Waals surface area (Å²) in [6.45, 7) is 2.09. The molecule has 0 bridgehead atoms. The van der Waals surface area contributed by atoms with Crippen molar-refractivity contribution in [3.63, 3.8) is 0 Å². The molecular formula is C20H23N3O2. The maximum absolute atomic E-state index is 12.4. The van der Waals surface area contributed by atoms with Gasteiger partial charge in [0.05, 0.1) is 0 Å². The van der Waals surface area contributed by atoms with E-state index in [0.29, 0.717) is 5.56 Å². The molecule has 0 saturated heterocycles. The normalized spacial score (nSPS) is 14.3. The molecule has 1 aromatic heterocycles. The minimum atomic E-state index is -0.249. The Hall–Kier alpha value is -2.69. The first-order valence-corrected chi connectivity index (χ1v) is 8.83. The molecule has 1 saturated carbocycles. The zero-order chi connectivity index (χ0) is 17.6. The maximum Gasteiger partial charge on any atom is 0.270 e. The first kappa shape index (κ1) is 17.1. The maximum atomic E-state index is 12.4. The van der Waals surface area contributed by atoms with Gasteiger partial charge in [-0.2, -0.15) is 0 Å². The van der Waals surface area contributed by atoms with Crippen LogP contribution in [0, 0.1) is 0 Å². The van der Waals surface area contributed by atoms with Gasteiger partial charge in [-0.25, -0.2) is 0 Å². The van der Waals surface area contributed by atoms with E-state index in [0.717, 1.165) is 37.8 Å². The van der Waals surface area contributed by atoms with Crippen molar-refractivity contribution in [3.05, 3.63) is 59.4 Å². The van der Waals surface area contributed by atoms with E-state index >= 15 is 0 Å². The highest BCUT2D eigenvalue weighted by atomic mass is 16.2. The Bertz CT molecular complexity index is 750. The van der Waals surface area contributed by atoms with Gasteiger partial charge >= 0.3 is 0 Å². The lowest BCUT2D eigenvalue weighted by atomic mass is 10.1. The van der Waals surface area contributed by atoms with E-state index in [-0.39, 0.29) is 23.6 Å². The number of anilines is 1. The van der Waals surface area contributed by atoms with Gasteiger partial charge in [0.1, 0.15) is 5.69 Å². The molecule has 5 heteroatoms. The molecule has 1 fully saturated rings. The largest absolute Gasteiger partial charge is 0.348 e. The molecule has 0 radical (unpaired) electrons. The lowest BCUT2D eigenvalue weighted by Gasteiger charge is -2.12. The topological polar surface area (TPSA) is 71.1 Å². The summed E-state index contributed by atoms with van der Waals surface area (Å²) in [6.07, 6.45) is 6.78. The fourth-order valence-electron chi connectivity index (χ4n) is 3.05. The van der Waals surface area contributed by atoms with Gasteiger partial charge in [0.15, 0.2) is 0 Å². The molecule has 130 valence electrons. The Morgan fingerprint density at radius 1 is 1.08 bits per heavy atom. The summed E-state index contributed by atoms with van der Waals surface area (Å²) < 4.78 is 0. The number of amides is 2. The molecule has 2 N–H and O–H groups in total. The van der Waals surface area contributed by atoms with Gasteiger partial charge in [-0.3, -0.25) is 14.6 Å². The SMILES string of the molecule is CCc1ccc(NC(=O)c2ccnc(C(=O)NC3CCCC3)c2)cc1. The number of nitrogens with one attached hydrogen (secondary N) is 2. The first-order chi connectivity index (χ1) is 12.2. The Morgan fingerprint density at radius 3 is 2.48 bits per heavy atom. The molecule has 5 nitrogen and oxygen atoms in total. The molecule has 1 aliphatic rings. The Kier molecular flexibility index (Phi) is 5.43. The van der Waals surface area contributed by atoms with Crippen molar-refractivity contribution in [3.8, 4) is 0 Å². The van der Waals surface area contributed by atoms with Gasteiger partial charge < -0.3 is 10.6 Å². The smallest absolute Gasteiger partial charge is 0.270 e. The van der Waals surface area contributed by atoms with E-state index in [1.165, 1.54) is 11.8 Å². The number of rotatable bonds is 5. The number of hydrogen-bond acceptors (Lipinski definition) is 3. The average Bonchev–Trinajstić information content (AvgIpc) is 3.15. The van der Waals surface area contributed by atoms with E-state index in [1.807, 2.05) is 24.3 Å². The predicted octanol–water partition coefficient (Wildman–Crippen LogP) is 3.57. The third kappa shape index (κ3) is 4.44. The molecule has 1 aliphatic carbocycles. The number of aryl methyl sites for hydroxylation is 1. The lowest BCUT2D eigenvalue weighted by molar-refractivity contribution is 0.0933. The van der Waals surface area contributed by atoms with Crippen molar-refractivity contribution in [1.82, 2.24) is 10.3 Å². The monoisotopic (exact) mass is 337 g/mol. The van der Waals surface area contributed by atoms with Gasteiger partial charge in [0, 0.05) is 23.5 Å². The third-order valence-corrected chi connectivity index (χ3v) is 4.57. The highest BCUT2D eigenvalue weighted by Crippen LogP contribution is 2.18. The number of aromatic nitrogens is 1. The van der Waals surface area contributed by atoms with Crippen LogP contribution in [0.2, 0.25) is 0 Å². The van der Waals surface area contributed by atoms with Crippen LogP contribution in [0.5, 0.6) is 0 Å². The zero-order valence-corrected chi connectivity index (χ0v) is 14.4. The van der Waals surface area contributed by atoms with E-state index in [2.05, 4.69) is 22.5 Å². The van der Waals surface area contributed by atoms with Crippen LogP contribution in [0.15, 0.2) is 42.6 Å². The van der Waals surface area contributed by atoms with E-state index in [4.69, 9.17) is 0 Å². The summed E-state index contributed by atoms with van der Waals surface area (Å²) in [7, 11) is 0. The molecule has 3 rings (SSSR count). The van der Waals surface area contributed by atoms with Crippen LogP contribution in [0.4, 0.5) is 5.69 Å². The summed E-state index contributed by atoms with van der Waals surface area (Å²) in [6, 6.07) is 11.1. The Labute approximate surface area is 147 Å². The highest BCUT2D eigenvalue weighted by Gasteiger charge is 2.19. The van der Waals surface area contributed by atoms with Crippen molar-refractivity contribution in [2.75, 3.05) is 5.32 Å². The van der Waals surface area contributed by atoms with Crippen LogP contribution in [-0.4, -0.2) is 22.8 Å². The fraction of sp³-hybridized carbons (Fsp3) is 0.350. The third-order valence-electron chi connectivity index (χ3n) is 4.57. The molecule has 0 spiro atoms. The van der Waals surface area contributed by atoms with Crippen molar-refractivity contribution in [2.45, 2.75) is 45.1 Å². The van der Waals surface area contributed by atoms with Gasteiger partial charge in [0.2, 0.25) is 0 Å². The minimum Gasteiger partial charge on any atom is -0.348 e. The number of nitrogens with zero attached hydrogens (tertiary/aromatic N) is 1. The summed E-state index contributed by atoms with van der Waals surface area (Å²) >= 11 is 0. The Balaban J connectivity index is 1.66. The quantitative estimate of drug-likeness (QED) is 0.876. The molecule has 1 aromatic carbocycles. The number of carbonyl (C=O) groups excluding carboxylic acids is 2. The second-order valence-electron chi connectivity index (χ2n) is 6.39. The zero-order valence-electron chi connectivity index (χ0n) is 14.4. The van der Waals surface area contributed by atoms with Crippen molar-refractivity contribution < 1.29 is 9.59 Å². The lowest BCUT2D eigenvalue weighted by Crippen LogP contribution is -2.33. The van der Waals surface area contributed by atoms with Gasteiger partial charge in [-0.1, -0.05) is 31.9 Å². The first-order valence-electron chi connectivity index (χ1n) is 8.83. The van der Waals surface area contributed by atoms with Crippen LogP contribution < -0.4 is 10.6 Å². The standard InChI is InChI=1S/C20H23N3O2/c1-2-14-7-9-17(10-8-14)22-19(24)15-11-12-21-18(13-15)20(25)23-16-5-3-4-6-16/h7-13,16H,2-6H2,1H3,(H,22,24)(H,23,25). The van der Waals surface area contributed by atoms with E-state index in [9.17, 15) is 9.59 Å². The number of carbonyl (C=O) groups is 2. The molecule has 0 atom stereocenters. The molecule has 0 unspecified atom stereocenters. The minimum absolute atomic E-state index is 0.214. The summed E-state index contributed by atoms with van der Waals surface area (Å²) in [4.78, 5) is 28.8. The number of benzene rings is 1. The molecule has 25 heavy (non-hydrogen) atoms. The van der Waals surface area contributed by atoms with Crippen molar-refractivity contribution in [1.29, 1.82) is 0 Å². The van der Waals surface area contributed by atoms with Crippen LogP contribution in [0.25, 0.3) is 0 Å².